The van der Waals surface area contributed by atoms with Crippen molar-refractivity contribution < 1.29 is 27.6 Å². The molecule has 2 aromatic rings. The van der Waals surface area contributed by atoms with Gasteiger partial charge in [0, 0.05) is 27.6 Å². The van der Waals surface area contributed by atoms with Crippen molar-refractivity contribution in [2.24, 2.45) is 5.16 Å². The second-order valence-corrected chi connectivity index (χ2v) is 8.08. The van der Waals surface area contributed by atoms with Gasteiger partial charge < -0.3 is 10.2 Å². The molecule has 1 atom stereocenters. The molecule has 0 spiro atoms. The van der Waals surface area contributed by atoms with E-state index in [0.29, 0.717) is 16.7 Å². The third-order valence-corrected chi connectivity index (χ3v) is 5.25. The number of carbonyl (C=O) groups is 2. The van der Waals surface area contributed by atoms with Gasteiger partial charge in [-0.3, -0.25) is 9.59 Å². The standard InChI is InChI=1S/C21H17Cl2F3N2O3/c1-11-5-13(3-4-17(11)19(30)27-10-12(2)29)18-9-20(31-28-18,21(24,25)26)14-6-15(22)8-16(23)7-14/h3-8H,9-10H2,1-2H3,(H,27,30). The first kappa shape index (κ1) is 23.1. The zero-order valence-electron chi connectivity index (χ0n) is 16.4. The van der Waals surface area contributed by atoms with Gasteiger partial charge in [0.05, 0.1) is 12.3 Å². The molecule has 1 N–H and O–H groups in total. The van der Waals surface area contributed by atoms with Crippen LogP contribution in [0.3, 0.4) is 0 Å². The lowest BCUT2D eigenvalue weighted by Gasteiger charge is -2.29. The van der Waals surface area contributed by atoms with Gasteiger partial charge in [-0.2, -0.15) is 13.2 Å². The number of hydrogen-bond acceptors (Lipinski definition) is 4. The van der Waals surface area contributed by atoms with Crippen LogP contribution in [0.15, 0.2) is 41.6 Å². The van der Waals surface area contributed by atoms with Crippen LogP contribution in [0.25, 0.3) is 0 Å². The van der Waals surface area contributed by atoms with E-state index in [4.69, 9.17) is 28.0 Å². The molecule has 0 aliphatic carbocycles. The Kier molecular flexibility index (Phi) is 6.34. The molecule has 10 heteroatoms. The number of halogens is 5. The lowest BCUT2D eigenvalue weighted by atomic mass is 9.86. The Morgan fingerprint density at radius 1 is 1.16 bits per heavy atom. The number of ketones is 1. The summed E-state index contributed by atoms with van der Waals surface area (Å²) < 4.78 is 42.3. The lowest BCUT2D eigenvalue weighted by molar-refractivity contribution is -0.275. The SMILES string of the molecule is CC(=O)CNC(=O)c1ccc(C2=NOC(c3cc(Cl)cc(Cl)c3)(C(F)(F)F)C2)cc1C. The number of nitrogens with zero attached hydrogens (tertiary/aromatic N) is 1. The maximum atomic E-state index is 14.1. The zero-order valence-corrected chi connectivity index (χ0v) is 18.0. The quantitative estimate of drug-likeness (QED) is 0.649. The molecular weight excluding hydrogens is 456 g/mol. The highest BCUT2D eigenvalue weighted by Crippen LogP contribution is 2.49. The molecule has 1 aliphatic heterocycles. The number of hydrogen-bond donors (Lipinski definition) is 1. The van der Waals surface area contributed by atoms with Crippen molar-refractivity contribution in [3.05, 3.63) is 68.7 Å². The number of amides is 1. The van der Waals surface area contributed by atoms with Crippen LogP contribution in [0.4, 0.5) is 13.2 Å². The second-order valence-electron chi connectivity index (χ2n) is 7.20. The van der Waals surface area contributed by atoms with Gasteiger partial charge in [0.1, 0.15) is 5.78 Å². The van der Waals surface area contributed by atoms with Gasteiger partial charge >= 0.3 is 6.18 Å². The topological polar surface area (TPSA) is 67.8 Å². The van der Waals surface area contributed by atoms with Crippen molar-refractivity contribution >= 4 is 40.6 Å². The largest absolute Gasteiger partial charge is 0.435 e. The first-order chi connectivity index (χ1) is 14.4. The van der Waals surface area contributed by atoms with Crippen molar-refractivity contribution in [1.82, 2.24) is 5.32 Å². The average Bonchev–Trinajstić information content (AvgIpc) is 3.12. The number of alkyl halides is 3. The zero-order chi connectivity index (χ0) is 23.0. The normalized spacial score (nSPS) is 18.4. The number of rotatable bonds is 5. The van der Waals surface area contributed by atoms with E-state index in [-0.39, 0.29) is 33.6 Å². The van der Waals surface area contributed by atoms with Gasteiger partial charge in [-0.15, -0.1) is 0 Å². The van der Waals surface area contributed by atoms with Gasteiger partial charge in [-0.1, -0.05) is 34.4 Å². The van der Waals surface area contributed by atoms with E-state index in [2.05, 4.69) is 10.5 Å². The molecule has 1 heterocycles. The molecule has 31 heavy (non-hydrogen) atoms. The summed E-state index contributed by atoms with van der Waals surface area (Å²) in [6, 6.07) is 8.11. The summed E-state index contributed by atoms with van der Waals surface area (Å²) in [5.41, 5.74) is -1.74. The van der Waals surface area contributed by atoms with Gasteiger partial charge in [0.25, 0.3) is 11.5 Å². The average molecular weight is 473 g/mol. The van der Waals surface area contributed by atoms with E-state index < -0.39 is 24.1 Å². The number of Topliss-reactive ketones (excluding diaryl/α,β-unsaturated/α-hetero) is 1. The summed E-state index contributed by atoms with van der Waals surface area (Å²) in [7, 11) is 0. The molecule has 0 saturated carbocycles. The van der Waals surface area contributed by atoms with Gasteiger partial charge in [0.15, 0.2) is 0 Å². The van der Waals surface area contributed by atoms with Crippen LogP contribution >= 0.6 is 23.2 Å². The number of aryl methyl sites for hydroxylation is 1. The number of oxime groups is 1. The highest BCUT2D eigenvalue weighted by atomic mass is 35.5. The van der Waals surface area contributed by atoms with E-state index >= 15 is 0 Å². The van der Waals surface area contributed by atoms with Crippen LogP contribution in [0.1, 0.15) is 40.4 Å². The summed E-state index contributed by atoms with van der Waals surface area (Å²) in [5.74, 6) is -0.660. The van der Waals surface area contributed by atoms with Gasteiger partial charge in [-0.25, -0.2) is 0 Å². The molecule has 164 valence electrons. The van der Waals surface area contributed by atoms with Crippen LogP contribution < -0.4 is 5.32 Å². The highest BCUT2D eigenvalue weighted by Gasteiger charge is 2.62. The summed E-state index contributed by atoms with van der Waals surface area (Å²) in [5, 5.41) is 6.26. The minimum absolute atomic E-state index is 0.0416. The molecule has 0 aromatic heterocycles. The Bertz CT molecular complexity index is 1070. The van der Waals surface area contributed by atoms with Crippen LogP contribution in [-0.2, 0) is 15.2 Å². The predicted molar refractivity (Wildman–Crippen MR) is 111 cm³/mol. The first-order valence-corrected chi connectivity index (χ1v) is 9.85. The van der Waals surface area contributed by atoms with Crippen molar-refractivity contribution in [2.75, 3.05) is 6.54 Å². The number of benzene rings is 2. The molecule has 0 fully saturated rings. The molecule has 1 amide bonds. The number of carbonyl (C=O) groups excluding carboxylic acids is 2. The summed E-state index contributed by atoms with van der Waals surface area (Å²) >= 11 is 11.8. The molecule has 0 bridgehead atoms. The fraction of sp³-hybridized carbons (Fsp3) is 0.286. The number of nitrogens with one attached hydrogen (secondary N) is 1. The van der Waals surface area contributed by atoms with Gasteiger partial charge in [-0.05, 0) is 55.3 Å². The molecule has 2 aromatic carbocycles. The van der Waals surface area contributed by atoms with Crippen LogP contribution in [0.2, 0.25) is 10.0 Å². The molecular formula is C21H17Cl2F3N2O3. The molecule has 1 aliphatic rings. The minimum Gasteiger partial charge on any atom is -0.374 e. The lowest BCUT2D eigenvalue weighted by Crippen LogP contribution is -2.42. The summed E-state index contributed by atoms with van der Waals surface area (Å²) in [4.78, 5) is 28.2. The monoisotopic (exact) mass is 472 g/mol. The minimum atomic E-state index is -4.80. The van der Waals surface area contributed by atoms with Crippen molar-refractivity contribution in [3.8, 4) is 0 Å². The summed E-state index contributed by atoms with van der Waals surface area (Å²) in [6.45, 7) is 2.86. The van der Waals surface area contributed by atoms with E-state index in [0.717, 1.165) is 12.1 Å². The Morgan fingerprint density at radius 3 is 2.35 bits per heavy atom. The smallest absolute Gasteiger partial charge is 0.374 e. The molecule has 1 unspecified atom stereocenters. The summed E-state index contributed by atoms with van der Waals surface area (Å²) in [6.07, 6.45) is -5.39. The van der Waals surface area contributed by atoms with Crippen molar-refractivity contribution in [1.29, 1.82) is 0 Å². The Morgan fingerprint density at radius 2 is 1.81 bits per heavy atom. The van der Waals surface area contributed by atoms with Crippen LogP contribution in [0.5, 0.6) is 0 Å². The van der Waals surface area contributed by atoms with E-state index in [1.54, 1.807) is 13.0 Å². The van der Waals surface area contributed by atoms with Crippen LogP contribution in [-0.4, -0.2) is 30.1 Å². The fourth-order valence-electron chi connectivity index (χ4n) is 3.24. The molecule has 0 radical (unpaired) electrons. The third kappa shape index (κ3) is 4.70. The first-order valence-electron chi connectivity index (χ1n) is 9.10. The Labute approximate surface area is 186 Å². The second kappa shape index (κ2) is 8.51. The Balaban J connectivity index is 1.91. The van der Waals surface area contributed by atoms with Crippen LogP contribution in [0, 0.1) is 6.92 Å². The maximum Gasteiger partial charge on any atom is 0.435 e. The predicted octanol–water partition coefficient (Wildman–Crippen LogP) is 5.20. The van der Waals surface area contributed by atoms with Gasteiger partial charge in [0.2, 0.25) is 0 Å². The van der Waals surface area contributed by atoms with Crippen molar-refractivity contribution in [3.63, 3.8) is 0 Å². The van der Waals surface area contributed by atoms with E-state index in [9.17, 15) is 22.8 Å². The van der Waals surface area contributed by atoms with Crippen molar-refractivity contribution in [2.45, 2.75) is 32.0 Å². The molecule has 3 rings (SSSR count). The highest BCUT2D eigenvalue weighted by molar-refractivity contribution is 6.34. The molecule has 5 nitrogen and oxygen atoms in total. The fourth-order valence-corrected chi connectivity index (χ4v) is 3.77. The van der Waals surface area contributed by atoms with E-state index in [1.807, 2.05) is 0 Å². The maximum absolute atomic E-state index is 14.1. The van der Waals surface area contributed by atoms with E-state index in [1.165, 1.54) is 25.1 Å². The third-order valence-electron chi connectivity index (χ3n) is 4.82. The Hall–Kier alpha value is -2.58. The molecule has 0 saturated heterocycles.